The normalized spacial score (nSPS) is 13.1. The van der Waals surface area contributed by atoms with Gasteiger partial charge in [-0.25, -0.2) is 0 Å². The molecule has 1 aromatic rings. The van der Waals surface area contributed by atoms with Crippen molar-refractivity contribution in [3.05, 3.63) is 34.3 Å². The molecule has 0 saturated heterocycles. The summed E-state index contributed by atoms with van der Waals surface area (Å²) in [5.74, 6) is 0. The van der Waals surface area contributed by atoms with E-state index in [-0.39, 0.29) is 5.38 Å². The summed E-state index contributed by atoms with van der Waals surface area (Å²) in [4.78, 5) is 0. The molecule has 2 heteroatoms. The van der Waals surface area contributed by atoms with Gasteiger partial charge in [0.05, 0.1) is 5.38 Å². The highest BCUT2D eigenvalue weighted by molar-refractivity contribution is 9.10. The number of alkyl halides is 1. The fraction of sp³-hybridized carbons (Fsp3) is 0.250. The Labute approximate surface area is 74.3 Å². The highest BCUT2D eigenvalue weighted by Crippen LogP contribution is 2.20. The van der Waals surface area contributed by atoms with Gasteiger partial charge in [0.1, 0.15) is 0 Å². The van der Waals surface area contributed by atoms with Crippen molar-refractivity contribution in [2.24, 2.45) is 0 Å². The van der Waals surface area contributed by atoms with Crippen molar-refractivity contribution < 1.29 is 0 Å². The van der Waals surface area contributed by atoms with Crippen molar-refractivity contribution in [1.29, 1.82) is 0 Å². The van der Waals surface area contributed by atoms with E-state index in [0.717, 1.165) is 10.0 Å². The first-order chi connectivity index (χ1) is 4.70. The Kier molecular flexibility index (Phi) is 2.75. The van der Waals surface area contributed by atoms with Gasteiger partial charge in [-0.15, -0.1) is 11.6 Å². The van der Waals surface area contributed by atoms with E-state index < -0.39 is 0 Å². The minimum absolute atomic E-state index is 0.105. The lowest BCUT2D eigenvalue weighted by Crippen LogP contribution is -1.81. The molecule has 0 aromatic heterocycles. The van der Waals surface area contributed by atoms with Gasteiger partial charge in [0.2, 0.25) is 0 Å². The van der Waals surface area contributed by atoms with Crippen LogP contribution in [0.1, 0.15) is 17.9 Å². The molecule has 0 saturated carbocycles. The van der Waals surface area contributed by atoms with Crippen LogP contribution in [0.4, 0.5) is 0 Å². The largest absolute Gasteiger partial charge is 0.118 e. The van der Waals surface area contributed by atoms with Gasteiger partial charge in [0.25, 0.3) is 0 Å². The molecule has 1 aromatic carbocycles. The number of halogens is 2. The van der Waals surface area contributed by atoms with E-state index in [1.165, 1.54) is 0 Å². The molecule has 0 radical (unpaired) electrons. The second-order valence-corrected chi connectivity index (χ2v) is 3.74. The van der Waals surface area contributed by atoms with Gasteiger partial charge in [-0.05, 0) is 24.6 Å². The van der Waals surface area contributed by atoms with Gasteiger partial charge >= 0.3 is 0 Å². The molecule has 0 unspecified atom stereocenters. The summed E-state index contributed by atoms with van der Waals surface area (Å²) >= 11 is 9.19. The molecule has 0 bridgehead atoms. The molecule has 0 fully saturated rings. The summed E-state index contributed by atoms with van der Waals surface area (Å²) in [6.07, 6.45) is 0. The minimum Gasteiger partial charge on any atom is -0.118 e. The molecule has 10 heavy (non-hydrogen) atoms. The Bertz CT molecular complexity index is 203. The maximum atomic E-state index is 5.84. The summed E-state index contributed by atoms with van der Waals surface area (Å²) in [5, 5.41) is 0.105. The Balaban J connectivity index is 2.89. The molecule has 0 heterocycles. The zero-order chi connectivity index (χ0) is 7.56. The van der Waals surface area contributed by atoms with Crippen LogP contribution in [-0.4, -0.2) is 0 Å². The highest BCUT2D eigenvalue weighted by Gasteiger charge is 1.98. The fourth-order valence-corrected chi connectivity index (χ4v) is 1.14. The average Bonchev–Trinajstić information content (AvgIpc) is 1.88. The third-order valence-corrected chi connectivity index (χ3v) is 2.11. The van der Waals surface area contributed by atoms with Crippen LogP contribution in [0.5, 0.6) is 0 Å². The molecular weight excluding hydrogens is 211 g/mol. The van der Waals surface area contributed by atoms with Crippen molar-refractivity contribution >= 4 is 27.5 Å². The Morgan fingerprint density at radius 2 is 1.80 bits per heavy atom. The number of hydrogen-bond donors (Lipinski definition) is 0. The lowest BCUT2D eigenvalue weighted by atomic mass is 10.2. The maximum absolute atomic E-state index is 5.84. The second-order valence-electron chi connectivity index (χ2n) is 2.17. The average molecular weight is 220 g/mol. The van der Waals surface area contributed by atoms with Crippen molar-refractivity contribution in [3.63, 3.8) is 0 Å². The third kappa shape index (κ3) is 1.99. The summed E-state index contributed by atoms with van der Waals surface area (Å²) in [5.41, 5.74) is 1.16. The summed E-state index contributed by atoms with van der Waals surface area (Å²) < 4.78 is 1.09. The summed E-state index contributed by atoms with van der Waals surface area (Å²) in [7, 11) is 0. The van der Waals surface area contributed by atoms with Crippen LogP contribution < -0.4 is 0 Å². The number of hydrogen-bond acceptors (Lipinski definition) is 0. The summed E-state index contributed by atoms with van der Waals surface area (Å²) in [6.45, 7) is 1.96. The standard InChI is InChI=1S/C8H8BrCl/c1-6(10)7-2-4-8(9)5-3-7/h2-6H,1H3/t6-/m1/s1. The smallest absolute Gasteiger partial charge is 0.0557 e. The molecule has 0 spiro atoms. The zero-order valence-corrected chi connectivity index (χ0v) is 7.98. The van der Waals surface area contributed by atoms with E-state index in [9.17, 15) is 0 Å². The van der Waals surface area contributed by atoms with E-state index in [1.54, 1.807) is 0 Å². The van der Waals surface area contributed by atoms with Crippen LogP contribution in [0, 0.1) is 0 Å². The first-order valence-electron chi connectivity index (χ1n) is 3.09. The molecule has 0 aliphatic carbocycles. The predicted molar refractivity (Wildman–Crippen MR) is 48.4 cm³/mol. The van der Waals surface area contributed by atoms with E-state index >= 15 is 0 Å². The quantitative estimate of drug-likeness (QED) is 0.631. The van der Waals surface area contributed by atoms with E-state index in [1.807, 2.05) is 31.2 Å². The van der Waals surface area contributed by atoms with Crippen molar-refractivity contribution in [2.45, 2.75) is 12.3 Å². The predicted octanol–water partition coefficient (Wildman–Crippen LogP) is 3.75. The van der Waals surface area contributed by atoms with Crippen LogP contribution in [0.25, 0.3) is 0 Å². The Hall–Kier alpha value is -0.0100. The van der Waals surface area contributed by atoms with Gasteiger partial charge in [0, 0.05) is 4.47 Å². The monoisotopic (exact) mass is 218 g/mol. The molecule has 0 amide bonds. The van der Waals surface area contributed by atoms with Gasteiger partial charge in [-0.1, -0.05) is 28.1 Å². The van der Waals surface area contributed by atoms with Crippen LogP contribution in [0.3, 0.4) is 0 Å². The van der Waals surface area contributed by atoms with Gasteiger partial charge in [-0.3, -0.25) is 0 Å². The van der Waals surface area contributed by atoms with E-state index in [0.29, 0.717) is 0 Å². The van der Waals surface area contributed by atoms with E-state index in [2.05, 4.69) is 15.9 Å². The number of benzene rings is 1. The van der Waals surface area contributed by atoms with E-state index in [4.69, 9.17) is 11.6 Å². The maximum Gasteiger partial charge on any atom is 0.0557 e. The molecule has 1 atom stereocenters. The first-order valence-corrected chi connectivity index (χ1v) is 4.32. The molecule has 0 nitrogen and oxygen atoms in total. The molecule has 54 valence electrons. The molecule has 0 N–H and O–H groups in total. The zero-order valence-electron chi connectivity index (χ0n) is 5.64. The minimum atomic E-state index is 0.105. The fourth-order valence-electron chi connectivity index (χ4n) is 0.728. The van der Waals surface area contributed by atoms with Crippen LogP contribution in [0.15, 0.2) is 28.7 Å². The Morgan fingerprint density at radius 1 is 1.30 bits per heavy atom. The molecule has 0 aliphatic heterocycles. The van der Waals surface area contributed by atoms with Crippen LogP contribution in [0.2, 0.25) is 0 Å². The topological polar surface area (TPSA) is 0 Å². The van der Waals surface area contributed by atoms with Crippen molar-refractivity contribution in [1.82, 2.24) is 0 Å². The second kappa shape index (κ2) is 3.40. The first kappa shape index (κ1) is 8.09. The van der Waals surface area contributed by atoms with Gasteiger partial charge < -0.3 is 0 Å². The summed E-state index contributed by atoms with van der Waals surface area (Å²) in [6, 6.07) is 8.02. The molecule has 0 aliphatic rings. The lowest BCUT2D eigenvalue weighted by Gasteiger charge is -2.01. The highest BCUT2D eigenvalue weighted by atomic mass is 79.9. The van der Waals surface area contributed by atoms with Crippen molar-refractivity contribution in [2.75, 3.05) is 0 Å². The lowest BCUT2D eigenvalue weighted by molar-refractivity contribution is 1.08. The van der Waals surface area contributed by atoms with Gasteiger partial charge in [-0.2, -0.15) is 0 Å². The third-order valence-electron chi connectivity index (χ3n) is 1.33. The molecule has 1 rings (SSSR count). The van der Waals surface area contributed by atoms with Crippen LogP contribution in [-0.2, 0) is 0 Å². The molecular formula is C8H8BrCl. The van der Waals surface area contributed by atoms with Crippen molar-refractivity contribution in [3.8, 4) is 0 Å². The van der Waals surface area contributed by atoms with Crippen LogP contribution >= 0.6 is 27.5 Å². The number of rotatable bonds is 1. The SMILES string of the molecule is C[C@@H](Cl)c1ccc(Br)cc1. The van der Waals surface area contributed by atoms with Gasteiger partial charge in [0.15, 0.2) is 0 Å². The Morgan fingerprint density at radius 3 is 2.20 bits per heavy atom.